The topological polar surface area (TPSA) is 154 Å². The van der Waals surface area contributed by atoms with E-state index in [1.165, 1.54) is 6.07 Å². The van der Waals surface area contributed by atoms with E-state index in [4.69, 9.17) is 21.7 Å². The maximum Gasteiger partial charge on any atom is 0.316 e. The Morgan fingerprint density at radius 3 is 1.71 bits per heavy atom. The molecule has 0 heterocycles. The summed E-state index contributed by atoms with van der Waals surface area (Å²) in [6.45, 7) is 0.311. The second-order valence-corrected chi connectivity index (χ2v) is 4.18. The molecule has 0 radical (unpaired) electrons. The molecule has 0 aliphatic heterocycles. The van der Waals surface area contributed by atoms with Crippen molar-refractivity contribution in [3.63, 3.8) is 0 Å². The number of nitrogens with zero attached hydrogens (tertiary/aromatic N) is 1. The van der Waals surface area contributed by atoms with Gasteiger partial charge in [-0.05, 0) is 18.2 Å². The second kappa shape index (κ2) is 7.92. The Labute approximate surface area is 121 Å². The first-order valence-electron chi connectivity index (χ1n) is 6.21. The van der Waals surface area contributed by atoms with Gasteiger partial charge in [0.2, 0.25) is 0 Å². The van der Waals surface area contributed by atoms with Crippen molar-refractivity contribution in [2.75, 3.05) is 41.8 Å². The summed E-state index contributed by atoms with van der Waals surface area (Å²) in [6, 6.07) is 3.17. The number of primary amides is 2. The third-order valence-corrected chi connectivity index (χ3v) is 2.56. The molecule has 0 aromatic heterocycles. The van der Waals surface area contributed by atoms with Gasteiger partial charge in [-0.2, -0.15) is 0 Å². The lowest BCUT2D eigenvalue weighted by atomic mass is 10.2. The first kappa shape index (κ1) is 16.5. The van der Waals surface area contributed by atoms with Gasteiger partial charge in [0, 0.05) is 30.2 Å². The highest BCUT2D eigenvalue weighted by atomic mass is 16.3. The second-order valence-electron chi connectivity index (χ2n) is 4.18. The molecule has 1 aromatic rings. The zero-order chi connectivity index (χ0) is 15.8. The highest BCUT2D eigenvalue weighted by Crippen LogP contribution is 2.25. The van der Waals surface area contributed by atoms with Crippen LogP contribution in [0.4, 0.5) is 26.7 Å². The fourth-order valence-electron chi connectivity index (χ4n) is 1.83. The minimum Gasteiger partial charge on any atom is -0.395 e. The Hall–Kier alpha value is -2.52. The molecular weight excluding hydrogens is 278 g/mol. The standard InChI is InChI=1S/C12H19N5O4/c13-11(20)15-8-5-9(16-12(14)21)7-10(6-8)17(1-3-18)2-4-19/h5-7,18-19H,1-4H2,(H3,13,15,20)(H3,14,16,21). The average Bonchev–Trinajstić information content (AvgIpc) is 2.36. The van der Waals surface area contributed by atoms with Crippen molar-refractivity contribution in [1.29, 1.82) is 0 Å². The van der Waals surface area contributed by atoms with E-state index in [9.17, 15) is 9.59 Å². The first-order chi connectivity index (χ1) is 9.96. The monoisotopic (exact) mass is 297 g/mol. The molecule has 0 unspecified atom stereocenters. The van der Waals surface area contributed by atoms with Gasteiger partial charge < -0.3 is 37.2 Å². The number of nitrogens with one attached hydrogen (secondary N) is 2. The summed E-state index contributed by atoms with van der Waals surface area (Å²) in [7, 11) is 0. The van der Waals surface area contributed by atoms with Crippen molar-refractivity contribution in [1.82, 2.24) is 0 Å². The molecule has 0 fully saturated rings. The number of hydrogen-bond donors (Lipinski definition) is 6. The number of carbonyl (C=O) groups excluding carboxylic acids is 2. The molecule has 0 bridgehead atoms. The smallest absolute Gasteiger partial charge is 0.316 e. The van der Waals surface area contributed by atoms with Crippen molar-refractivity contribution in [2.24, 2.45) is 11.5 Å². The lowest BCUT2D eigenvalue weighted by Gasteiger charge is -2.24. The van der Waals surface area contributed by atoms with Gasteiger partial charge in [-0.25, -0.2) is 9.59 Å². The fourth-order valence-corrected chi connectivity index (χ4v) is 1.83. The Morgan fingerprint density at radius 1 is 0.952 bits per heavy atom. The Balaban J connectivity index is 3.14. The van der Waals surface area contributed by atoms with E-state index in [-0.39, 0.29) is 26.3 Å². The third kappa shape index (κ3) is 5.55. The zero-order valence-electron chi connectivity index (χ0n) is 11.4. The summed E-state index contributed by atoms with van der Waals surface area (Å²) in [5.74, 6) is 0. The van der Waals surface area contributed by atoms with Crippen LogP contribution in [0.5, 0.6) is 0 Å². The highest BCUT2D eigenvalue weighted by molar-refractivity contribution is 5.93. The fraction of sp³-hybridized carbons (Fsp3) is 0.333. The van der Waals surface area contributed by atoms with Gasteiger partial charge in [-0.1, -0.05) is 0 Å². The van der Waals surface area contributed by atoms with Crippen LogP contribution in [0, 0.1) is 0 Å². The van der Waals surface area contributed by atoms with Crippen LogP contribution in [0.15, 0.2) is 18.2 Å². The summed E-state index contributed by atoms with van der Waals surface area (Å²) in [5, 5.41) is 22.9. The number of carbonyl (C=O) groups is 2. The van der Waals surface area contributed by atoms with E-state index in [0.717, 1.165) is 0 Å². The number of rotatable bonds is 7. The molecule has 9 heteroatoms. The number of hydrogen-bond acceptors (Lipinski definition) is 5. The number of amides is 4. The van der Waals surface area contributed by atoms with Gasteiger partial charge in [0.05, 0.1) is 13.2 Å². The number of benzene rings is 1. The molecule has 1 rings (SSSR count). The quantitative estimate of drug-likeness (QED) is 0.399. The highest BCUT2D eigenvalue weighted by Gasteiger charge is 2.10. The Bertz CT molecular complexity index is 468. The van der Waals surface area contributed by atoms with Crippen LogP contribution in [0.2, 0.25) is 0 Å². The Morgan fingerprint density at radius 2 is 1.38 bits per heavy atom. The van der Waals surface area contributed by atoms with Gasteiger partial charge in [-0.3, -0.25) is 0 Å². The molecular formula is C12H19N5O4. The predicted molar refractivity (Wildman–Crippen MR) is 79.2 cm³/mol. The van der Waals surface area contributed by atoms with Gasteiger partial charge in [0.15, 0.2) is 0 Å². The SMILES string of the molecule is NC(=O)Nc1cc(NC(N)=O)cc(N(CCO)CCO)c1. The summed E-state index contributed by atoms with van der Waals surface area (Å²) >= 11 is 0. The lowest BCUT2D eigenvalue weighted by molar-refractivity contribution is 0.258. The lowest BCUT2D eigenvalue weighted by Crippen LogP contribution is -2.30. The van der Waals surface area contributed by atoms with E-state index in [2.05, 4.69) is 10.6 Å². The van der Waals surface area contributed by atoms with E-state index < -0.39 is 12.1 Å². The number of nitrogens with two attached hydrogens (primary N) is 2. The van der Waals surface area contributed by atoms with Crippen molar-refractivity contribution in [3.8, 4) is 0 Å². The molecule has 8 N–H and O–H groups in total. The van der Waals surface area contributed by atoms with Gasteiger partial charge in [0.25, 0.3) is 0 Å². The molecule has 0 spiro atoms. The van der Waals surface area contributed by atoms with E-state index in [0.29, 0.717) is 17.1 Å². The summed E-state index contributed by atoms with van der Waals surface area (Å²) in [6.07, 6.45) is 0. The maximum absolute atomic E-state index is 10.9. The normalized spacial score (nSPS) is 10.0. The molecule has 21 heavy (non-hydrogen) atoms. The number of anilines is 3. The molecule has 0 aliphatic carbocycles. The van der Waals surface area contributed by atoms with Crippen molar-refractivity contribution < 1.29 is 19.8 Å². The molecule has 116 valence electrons. The van der Waals surface area contributed by atoms with Crippen molar-refractivity contribution >= 4 is 29.1 Å². The first-order valence-corrected chi connectivity index (χ1v) is 6.21. The van der Waals surface area contributed by atoms with Gasteiger partial charge in [0.1, 0.15) is 0 Å². The van der Waals surface area contributed by atoms with Crippen molar-refractivity contribution in [3.05, 3.63) is 18.2 Å². The Kier molecular flexibility index (Phi) is 6.24. The predicted octanol–water partition coefficient (Wildman–Crippen LogP) is -0.541. The molecule has 1 aromatic carbocycles. The average molecular weight is 297 g/mol. The largest absolute Gasteiger partial charge is 0.395 e. The molecule has 9 nitrogen and oxygen atoms in total. The van der Waals surface area contributed by atoms with E-state index in [1.807, 2.05) is 0 Å². The molecule has 0 aliphatic rings. The number of aliphatic hydroxyl groups is 2. The van der Waals surface area contributed by atoms with Crippen LogP contribution < -0.4 is 27.0 Å². The zero-order valence-corrected chi connectivity index (χ0v) is 11.4. The maximum atomic E-state index is 10.9. The van der Waals surface area contributed by atoms with Crippen LogP contribution in [-0.2, 0) is 0 Å². The van der Waals surface area contributed by atoms with Crippen molar-refractivity contribution in [2.45, 2.75) is 0 Å². The molecule has 0 saturated heterocycles. The van der Waals surface area contributed by atoms with Gasteiger partial charge in [-0.15, -0.1) is 0 Å². The molecule has 4 amide bonds. The number of urea groups is 2. The summed E-state index contributed by atoms with van der Waals surface area (Å²) in [5.41, 5.74) is 11.4. The minimum absolute atomic E-state index is 0.119. The summed E-state index contributed by atoms with van der Waals surface area (Å²) < 4.78 is 0. The van der Waals surface area contributed by atoms with Crippen LogP contribution in [0.1, 0.15) is 0 Å². The van der Waals surface area contributed by atoms with Gasteiger partial charge >= 0.3 is 12.1 Å². The van der Waals surface area contributed by atoms with Crippen LogP contribution >= 0.6 is 0 Å². The summed E-state index contributed by atoms with van der Waals surface area (Å²) in [4.78, 5) is 23.6. The third-order valence-electron chi connectivity index (χ3n) is 2.56. The van der Waals surface area contributed by atoms with Crippen LogP contribution in [0.25, 0.3) is 0 Å². The van der Waals surface area contributed by atoms with E-state index >= 15 is 0 Å². The molecule has 0 saturated carbocycles. The van der Waals surface area contributed by atoms with E-state index in [1.54, 1.807) is 17.0 Å². The molecule has 0 atom stereocenters. The number of aliphatic hydroxyl groups excluding tert-OH is 2. The van der Waals surface area contributed by atoms with Crippen LogP contribution in [0.3, 0.4) is 0 Å². The minimum atomic E-state index is -0.756. The van der Waals surface area contributed by atoms with Crippen LogP contribution in [-0.4, -0.2) is 48.6 Å².